The number of rotatable bonds is 7. The van der Waals surface area contributed by atoms with Gasteiger partial charge in [0.15, 0.2) is 5.69 Å². The standard InChI is InChI=1S/C21H26N10O/c1-14-12-30(13-27-14)19-7-6-15(8-20(19)32-2)18(28-23)10-26-11-21(29-24)31(25)17-5-3-4-16(22)9-17/h3-10,12-13H,11,22,24-25H2,1-2H3,(H2,23,26)/p+1. The van der Waals surface area contributed by atoms with Gasteiger partial charge in [-0.1, -0.05) is 12.1 Å². The van der Waals surface area contributed by atoms with Gasteiger partial charge < -0.3 is 20.9 Å². The van der Waals surface area contributed by atoms with Crippen LogP contribution in [0.1, 0.15) is 11.3 Å². The highest BCUT2D eigenvalue weighted by atomic mass is 16.5. The first-order valence-electron chi connectivity index (χ1n) is 9.66. The predicted octanol–water partition coefficient (Wildman–Crippen LogP) is 0.585. The summed E-state index contributed by atoms with van der Waals surface area (Å²) in [4.78, 5) is 8.63. The topological polar surface area (TPSA) is 171 Å². The van der Waals surface area contributed by atoms with Crippen LogP contribution < -0.4 is 33.4 Å². The van der Waals surface area contributed by atoms with Crippen molar-refractivity contribution in [1.82, 2.24) is 15.0 Å². The molecule has 11 nitrogen and oxygen atoms in total. The van der Waals surface area contributed by atoms with Crippen LogP contribution in [0.3, 0.4) is 0 Å². The number of hydrogen-bond donors (Lipinski definition) is 5. The monoisotopic (exact) mass is 435 g/mol. The summed E-state index contributed by atoms with van der Waals surface area (Å²) >= 11 is 0. The lowest BCUT2D eigenvalue weighted by Gasteiger charge is -2.11. The Morgan fingerprint density at radius 3 is 2.72 bits per heavy atom. The molecule has 0 saturated carbocycles. The van der Waals surface area contributed by atoms with Crippen LogP contribution in [-0.2, 0) is 0 Å². The SMILES string of the molecule is COc1cc(/C(C=NC/C(NN)=[N+](/N)c2cccc(N)c2)=N/N)ccc1-n1cnc(C)c1. The van der Waals surface area contributed by atoms with Crippen molar-refractivity contribution < 1.29 is 9.42 Å². The summed E-state index contributed by atoms with van der Waals surface area (Å²) in [5.41, 5.74) is 12.6. The molecule has 1 heterocycles. The highest BCUT2D eigenvalue weighted by Crippen LogP contribution is 2.24. The van der Waals surface area contributed by atoms with Crippen LogP contribution in [0.5, 0.6) is 5.75 Å². The van der Waals surface area contributed by atoms with Crippen LogP contribution in [0.25, 0.3) is 5.69 Å². The zero-order chi connectivity index (χ0) is 23.1. The van der Waals surface area contributed by atoms with E-state index in [1.807, 2.05) is 35.9 Å². The average Bonchev–Trinajstić information content (AvgIpc) is 3.24. The van der Waals surface area contributed by atoms with E-state index in [9.17, 15) is 0 Å². The summed E-state index contributed by atoms with van der Waals surface area (Å²) < 4.78 is 8.80. The number of nitrogens with one attached hydrogen (secondary N) is 1. The van der Waals surface area contributed by atoms with E-state index >= 15 is 0 Å². The van der Waals surface area contributed by atoms with Crippen molar-refractivity contribution in [2.24, 2.45) is 27.6 Å². The van der Waals surface area contributed by atoms with Crippen LogP contribution >= 0.6 is 0 Å². The van der Waals surface area contributed by atoms with Gasteiger partial charge in [0.25, 0.3) is 0 Å². The molecule has 0 spiro atoms. The van der Waals surface area contributed by atoms with Gasteiger partial charge in [0.1, 0.15) is 18.0 Å². The van der Waals surface area contributed by atoms with E-state index in [1.165, 1.54) is 4.68 Å². The summed E-state index contributed by atoms with van der Waals surface area (Å²) in [6.45, 7) is 2.08. The number of aliphatic imine (C=N–C) groups is 1. The molecule has 32 heavy (non-hydrogen) atoms. The third kappa shape index (κ3) is 5.02. The maximum Gasteiger partial charge on any atom is 0.313 e. The minimum Gasteiger partial charge on any atom is -0.495 e. The normalized spacial score (nSPS) is 12.7. The lowest BCUT2D eigenvalue weighted by molar-refractivity contribution is -0.455. The molecule has 9 N–H and O–H groups in total. The third-order valence-corrected chi connectivity index (χ3v) is 4.66. The van der Waals surface area contributed by atoms with Gasteiger partial charge in [-0.15, -0.1) is 4.68 Å². The van der Waals surface area contributed by atoms with Crippen molar-refractivity contribution in [2.45, 2.75) is 6.92 Å². The van der Waals surface area contributed by atoms with Crippen LogP contribution in [0.2, 0.25) is 0 Å². The van der Waals surface area contributed by atoms with Crippen molar-refractivity contribution in [2.75, 3.05) is 19.4 Å². The number of hydrazine groups is 2. The molecule has 3 aromatic rings. The summed E-state index contributed by atoms with van der Waals surface area (Å²) in [5, 5.41) is 3.85. The number of nitrogens with two attached hydrogens (primary N) is 4. The fourth-order valence-electron chi connectivity index (χ4n) is 3.03. The molecule has 0 aliphatic heterocycles. The third-order valence-electron chi connectivity index (χ3n) is 4.66. The van der Waals surface area contributed by atoms with Crippen molar-refractivity contribution in [3.05, 3.63) is 66.2 Å². The summed E-state index contributed by atoms with van der Waals surface area (Å²) in [5.74, 6) is 18.5. The quantitative estimate of drug-likeness (QED) is 0.0902. The number of hydrazone groups is 2. The Morgan fingerprint density at radius 1 is 1.28 bits per heavy atom. The largest absolute Gasteiger partial charge is 0.495 e. The van der Waals surface area contributed by atoms with Crippen molar-refractivity contribution in [3.8, 4) is 11.4 Å². The summed E-state index contributed by atoms with van der Waals surface area (Å²) in [6.07, 6.45) is 5.18. The number of ether oxygens (including phenoxy) is 1. The Kier molecular flexibility index (Phi) is 7.03. The molecule has 0 aliphatic carbocycles. The van der Waals surface area contributed by atoms with Crippen molar-refractivity contribution >= 4 is 29.1 Å². The van der Waals surface area contributed by atoms with Crippen molar-refractivity contribution in [1.29, 1.82) is 0 Å². The minimum atomic E-state index is 0.157. The molecule has 2 aromatic carbocycles. The maximum absolute atomic E-state index is 6.14. The summed E-state index contributed by atoms with van der Waals surface area (Å²) in [7, 11) is 1.60. The Labute approximate surface area is 185 Å². The first-order chi connectivity index (χ1) is 15.5. The van der Waals surface area contributed by atoms with Gasteiger partial charge in [-0.25, -0.2) is 4.98 Å². The zero-order valence-electron chi connectivity index (χ0n) is 17.9. The number of imidazole rings is 1. The van der Waals surface area contributed by atoms with E-state index < -0.39 is 0 Å². The second-order valence-corrected chi connectivity index (χ2v) is 6.85. The number of nitrogens with zero attached hydrogens (tertiary/aromatic N) is 5. The van der Waals surface area contributed by atoms with Gasteiger partial charge in [-0.3, -0.25) is 10.8 Å². The highest BCUT2D eigenvalue weighted by Gasteiger charge is 2.13. The fraction of sp³-hybridized carbons (Fsp3) is 0.143. The number of amidine groups is 1. The molecule has 0 fully saturated rings. The maximum atomic E-state index is 6.14. The molecule has 0 aliphatic rings. The van der Waals surface area contributed by atoms with Crippen LogP contribution in [0, 0.1) is 6.92 Å². The molecule has 1 aromatic heterocycles. The Bertz CT molecular complexity index is 1180. The second kappa shape index (κ2) is 10.1. The Morgan fingerprint density at radius 2 is 2.09 bits per heavy atom. The number of anilines is 1. The first kappa shape index (κ1) is 22.3. The molecule has 0 unspecified atom stereocenters. The molecule has 0 amide bonds. The van der Waals surface area contributed by atoms with Crippen LogP contribution in [0.15, 0.2) is 65.1 Å². The fourth-order valence-corrected chi connectivity index (χ4v) is 3.03. The molecule has 166 valence electrons. The smallest absolute Gasteiger partial charge is 0.313 e. The van der Waals surface area contributed by atoms with Gasteiger partial charge in [-0.05, 0) is 31.2 Å². The number of nitrogen functional groups attached to an aromatic ring is 1. The lowest BCUT2D eigenvalue weighted by Crippen LogP contribution is -2.41. The molecule has 0 radical (unpaired) electrons. The highest BCUT2D eigenvalue weighted by molar-refractivity contribution is 6.38. The zero-order valence-corrected chi connectivity index (χ0v) is 17.9. The molecule has 3 rings (SSSR count). The van der Waals surface area contributed by atoms with E-state index in [1.54, 1.807) is 43.9 Å². The molecular formula is C21H27N10O+. The Hall–Kier alpha value is -4.38. The van der Waals surface area contributed by atoms with Crippen LogP contribution in [-0.4, -0.2) is 45.7 Å². The number of aryl methyl sites for hydroxylation is 1. The summed E-state index contributed by atoms with van der Waals surface area (Å²) in [6, 6.07) is 12.7. The molecule has 11 heteroatoms. The minimum absolute atomic E-state index is 0.157. The Balaban J connectivity index is 1.82. The van der Waals surface area contributed by atoms with E-state index in [-0.39, 0.29) is 6.54 Å². The average molecular weight is 436 g/mol. The van der Waals surface area contributed by atoms with E-state index in [0.29, 0.717) is 28.7 Å². The number of aromatic nitrogens is 2. The predicted molar refractivity (Wildman–Crippen MR) is 126 cm³/mol. The van der Waals surface area contributed by atoms with E-state index in [0.717, 1.165) is 16.9 Å². The van der Waals surface area contributed by atoms with Crippen LogP contribution in [0.4, 0.5) is 11.4 Å². The van der Waals surface area contributed by atoms with E-state index in [2.05, 4.69) is 20.5 Å². The number of hydrogen-bond acceptors (Lipinski definition) is 8. The van der Waals surface area contributed by atoms with Gasteiger partial charge in [0.2, 0.25) is 0 Å². The van der Waals surface area contributed by atoms with E-state index in [4.69, 9.17) is 28.0 Å². The van der Waals surface area contributed by atoms with Gasteiger partial charge in [0, 0.05) is 23.5 Å². The van der Waals surface area contributed by atoms with Gasteiger partial charge >= 0.3 is 5.84 Å². The first-order valence-corrected chi connectivity index (χ1v) is 9.66. The lowest BCUT2D eigenvalue weighted by atomic mass is 10.1. The second-order valence-electron chi connectivity index (χ2n) is 6.85. The molecule has 0 atom stereocenters. The molecule has 0 bridgehead atoms. The number of benzene rings is 2. The van der Waals surface area contributed by atoms with Gasteiger partial charge in [-0.2, -0.15) is 16.4 Å². The van der Waals surface area contributed by atoms with Gasteiger partial charge in [0.05, 0.1) is 31.0 Å². The molecule has 0 saturated heterocycles. The van der Waals surface area contributed by atoms with Crippen molar-refractivity contribution in [3.63, 3.8) is 0 Å². The molecular weight excluding hydrogens is 408 g/mol. The number of methoxy groups -OCH3 is 1.